The van der Waals surface area contributed by atoms with Gasteiger partial charge in [0.25, 0.3) is 5.91 Å². The first-order valence-electron chi connectivity index (χ1n) is 12.6. The molecule has 5 N–H and O–H groups in total. The first-order valence-corrected chi connectivity index (χ1v) is 12.6. The second kappa shape index (κ2) is 13.0. The summed E-state index contributed by atoms with van der Waals surface area (Å²) >= 11 is 0. The Hall–Kier alpha value is -4.04. The molecule has 0 radical (unpaired) electrons. The Morgan fingerprint density at radius 2 is 1.39 bits per heavy atom. The molecule has 3 unspecified atom stereocenters. The minimum absolute atomic E-state index is 0.137. The van der Waals surface area contributed by atoms with E-state index in [-0.39, 0.29) is 17.7 Å². The number of phenolic OH excluding ortho intramolecular Hbond substituents is 2. The topological polar surface area (TPSA) is 128 Å². The smallest absolute Gasteiger partial charge is 0.407 e. The highest BCUT2D eigenvalue weighted by molar-refractivity contribution is 5.95. The number of aliphatic hydroxyl groups is 1. The molecule has 0 aromatic heterocycles. The molecule has 8 heteroatoms. The number of hydrogen-bond acceptors (Lipinski definition) is 6. The number of aromatic hydroxyl groups is 2. The van der Waals surface area contributed by atoms with Crippen molar-refractivity contribution in [3.63, 3.8) is 0 Å². The fraction of sp³-hybridized carbons (Fsp3) is 0.333. The summed E-state index contributed by atoms with van der Waals surface area (Å²) in [7, 11) is 0. The summed E-state index contributed by atoms with van der Waals surface area (Å²) in [5, 5.41) is 36.5. The van der Waals surface area contributed by atoms with Crippen molar-refractivity contribution >= 4 is 12.0 Å². The maximum Gasteiger partial charge on any atom is 0.407 e. The molecule has 0 aliphatic rings. The summed E-state index contributed by atoms with van der Waals surface area (Å²) in [6.45, 7) is 5.33. The second-order valence-corrected chi connectivity index (χ2v) is 10.3. The Morgan fingerprint density at radius 3 is 1.95 bits per heavy atom. The summed E-state index contributed by atoms with van der Waals surface area (Å²) in [6, 6.07) is 21.6. The number of benzene rings is 3. The van der Waals surface area contributed by atoms with E-state index in [4.69, 9.17) is 4.74 Å². The van der Waals surface area contributed by atoms with Crippen LogP contribution in [-0.4, -0.2) is 51.1 Å². The zero-order chi connectivity index (χ0) is 27.7. The van der Waals surface area contributed by atoms with Crippen molar-refractivity contribution in [3.8, 4) is 11.5 Å². The molecular weight excluding hydrogens is 484 g/mol. The molecule has 3 aromatic rings. The van der Waals surface area contributed by atoms with E-state index in [2.05, 4.69) is 10.6 Å². The fourth-order valence-electron chi connectivity index (χ4n) is 4.09. The third-order valence-corrected chi connectivity index (χ3v) is 5.89. The van der Waals surface area contributed by atoms with E-state index in [1.807, 2.05) is 60.7 Å². The van der Waals surface area contributed by atoms with Gasteiger partial charge < -0.3 is 30.7 Å². The number of aliphatic hydroxyl groups excluding tert-OH is 1. The molecule has 3 aromatic carbocycles. The molecule has 3 atom stereocenters. The average molecular weight is 521 g/mol. The molecule has 38 heavy (non-hydrogen) atoms. The highest BCUT2D eigenvalue weighted by Crippen LogP contribution is 2.25. The van der Waals surface area contributed by atoms with Gasteiger partial charge in [0.2, 0.25) is 0 Å². The lowest BCUT2D eigenvalue weighted by Crippen LogP contribution is -2.49. The van der Waals surface area contributed by atoms with Crippen LogP contribution in [0.25, 0.3) is 0 Å². The van der Waals surface area contributed by atoms with Gasteiger partial charge in [0.05, 0.1) is 12.1 Å². The highest BCUT2D eigenvalue weighted by atomic mass is 16.6. The Kier molecular flexibility index (Phi) is 9.73. The van der Waals surface area contributed by atoms with Crippen molar-refractivity contribution in [1.82, 2.24) is 10.6 Å². The van der Waals surface area contributed by atoms with E-state index in [1.54, 1.807) is 20.8 Å². The second-order valence-electron chi connectivity index (χ2n) is 10.3. The lowest BCUT2D eigenvalue weighted by molar-refractivity contribution is 0.0463. The maximum absolute atomic E-state index is 13.0. The number of hydrogen-bond donors (Lipinski definition) is 5. The average Bonchev–Trinajstić information content (AvgIpc) is 2.85. The molecule has 0 saturated carbocycles. The van der Waals surface area contributed by atoms with E-state index >= 15 is 0 Å². The highest BCUT2D eigenvalue weighted by Gasteiger charge is 2.28. The molecule has 0 spiro atoms. The molecule has 0 bridgehead atoms. The first-order chi connectivity index (χ1) is 18.0. The van der Waals surface area contributed by atoms with Crippen molar-refractivity contribution in [2.24, 2.45) is 0 Å². The van der Waals surface area contributed by atoms with Crippen molar-refractivity contribution in [2.45, 2.75) is 63.8 Å². The zero-order valence-electron chi connectivity index (χ0n) is 21.9. The maximum atomic E-state index is 13.0. The first kappa shape index (κ1) is 28.5. The SMILES string of the molecule is CC(C)(C)OC(=O)NC(Cc1ccccc1)CC(O)C(Cc1ccccc1)NC(=O)c1ccc(O)c(O)c1. The molecule has 8 nitrogen and oxygen atoms in total. The third-order valence-electron chi connectivity index (χ3n) is 5.89. The molecule has 0 heterocycles. The molecule has 202 valence electrons. The van der Waals surface area contributed by atoms with Crippen LogP contribution >= 0.6 is 0 Å². The standard InChI is InChI=1S/C30H36N2O6/c1-30(2,3)38-29(37)31-23(16-20-10-6-4-7-11-20)19-26(34)24(17-21-12-8-5-9-13-21)32-28(36)22-14-15-25(33)27(35)18-22/h4-15,18,23-24,26,33-35H,16-17,19H2,1-3H3,(H,31,37)(H,32,36). The van der Waals surface area contributed by atoms with E-state index in [0.29, 0.717) is 12.8 Å². The number of alkyl carbamates (subject to hydrolysis) is 1. The number of carbonyl (C=O) groups excluding carboxylic acids is 2. The van der Waals surface area contributed by atoms with Crippen molar-refractivity contribution < 1.29 is 29.6 Å². The number of rotatable bonds is 10. The largest absolute Gasteiger partial charge is 0.504 e. The van der Waals surface area contributed by atoms with Gasteiger partial charge in [0, 0.05) is 11.6 Å². The Labute approximate surface area is 223 Å². The van der Waals surface area contributed by atoms with Gasteiger partial charge in [-0.25, -0.2) is 4.79 Å². The molecule has 0 aliphatic heterocycles. The van der Waals surface area contributed by atoms with Crippen LogP contribution in [0.2, 0.25) is 0 Å². The van der Waals surface area contributed by atoms with Gasteiger partial charge in [-0.2, -0.15) is 0 Å². The minimum Gasteiger partial charge on any atom is -0.504 e. The number of phenols is 2. The van der Waals surface area contributed by atoms with Crippen LogP contribution in [0.5, 0.6) is 11.5 Å². The quantitative estimate of drug-likeness (QED) is 0.253. The Balaban J connectivity index is 1.81. The predicted octanol–water partition coefficient (Wildman–Crippen LogP) is 4.33. The summed E-state index contributed by atoms with van der Waals surface area (Å²) in [5.74, 6) is -1.26. The number of amides is 2. The minimum atomic E-state index is -1.03. The number of ether oxygens (including phenoxy) is 1. The van der Waals surface area contributed by atoms with Crippen LogP contribution in [0.1, 0.15) is 48.7 Å². The summed E-state index contributed by atoms with van der Waals surface area (Å²) in [6.07, 6.45) is -0.688. The fourth-order valence-corrected chi connectivity index (χ4v) is 4.09. The summed E-state index contributed by atoms with van der Waals surface area (Å²) in [5.41, 5.74) is 1.34. The van der Waals surface area contributed by atoms with Crippen LogP contribution in [-0.2, 0) is 17.6 Å². The predicted molar refractivity (Wildman–Crippen MR) is 145 cm³/mol. The number of nitrogens with one attached hydrogen (secondary N) is 2. The normalized spacial score (nSPS) is 13.7. The van der Waals surface area contributed by atoms with Crippen molar-refractivity contribution in [2.75, 3.05) is 0 Å². The monoisotopic (exact) mass is 520 g/mol. The van der Waals surface area contributed by atoms with E-state index < -0.39 is 41.5 Å². The van der Waals surface area contributed by atoms with Crippen LogP contribution in [0.15, 0.2) is 78.9 Å². The van der Waals surface area contributed by atoms with Gasteiger partial charge in [-0.1, -0.05) is 60.7 Å². The molecule has 2 amide bonds. The van der Waals surface area contributed by atoms with E-state index in [1.165, 1.54) is 18.2 Å². The number of carbonyl (C=O) groups is 2. The van der Waals surface area contributed by atoms with Crippen LogP contribution in [0, 0.1) is 0 Å². The van der Waals surface area contributed by atoms with Gasteiger partial charge in [-0.3, -0.25) is 4.79 Å². The Morgan fingerprint density at radius 1 is 0.816 bits per heavy atom. The lowest BCUT2D eigenvalue weighted by atomic mass is 9.93. The molecule has 0 aliphatic carbocycles. The van der Waals surface area contributed by atoms with E-state index in [0.717, 1.165) is 11.1 Å². The Bertz CT molecular complexity index is 1190. The van der Waals surface area contributed by atoms with Crippen LogP contribution in [0.4, 0.5) is 4.79 Å². The lowest BCUT2D eigenvalue weighted by Gasteiger charge is -2.29. The molecular formula is C30H36N2O6. The van der Waals surface area contributed by atoms with Gasteiger partial charge in [0.1, 0.15) is 5.60 Å². The van der Waals surface area contributed by atoms with Crippen LogP contribution in [0.3, 0.4) is 0 Å². The van der Waals surface area contributed by atoms with Gasteiger partial charge >= 0.3 is 6.09 Å². The van der Waals surface area contributed by atoms with Crippen molar-refractivity contribution in [3.05, 3.63) is 95.6 Å². The van der Waals surface area contributed by atoms with E-state index in [9.17, 15) is 24.9 Å². The summed E-state index contributed by atoms with van der Waals surface area (Å²) in [4.78, 5) is 25.6. The summed E-state index contributed by atoms with van der Waals surface area (Å²) < 4.78 is 5.44. The van der Waals surface area contributed by atoms with Crippen molar-refractivity contribution in [1.29, 1.82) is 0 Å². The molecule has 0 saturated heterocycles. The zero-order valence-corrected chi connectivity index (χ0v) is 21.9. The van der Waals surface area contributed by atoms with Gasteiger partial charge in [-0.15, -0.1) is 0 Å². The van der Waals surface area contributed by atoms with Crippen LogP contribution < -0.4 is 10.6 Å². The van der Waals surface area contributed by atoms with Gasteiger partial charge in [-0.05, 0) is 69.4 Å². The van der Waals surface area contributed by atoms with Gasteiger partial charge in [0.15, 0.2) is 11.5 Å². The molecule has 3 rings (SSSR count). The molecule has 0 fully saturated rings. The third kappa shape index (κ3) is 9.12.